The highest BCUT2D eigenvalue weighted by atomic mass is 31.1. The number of benzene rings is 4. The number of halogens is 12. The number of rotatable bonds is 8. The van der Waals surface area contributed by atoms with Gasteiger partial charge >= 0.3 is 24.7 Å². The molecular weight excluding hydrogens is 662 g/mol. The minimum Gasteiger partial charge on any atom is -0.166 e. The largest absolute Gasteiger partial charge is 0.416 e. The third kappa shape index (κ3) is 9.01. The van der Waals surface area contributed by atoms with Crippen molar-refractivity contribution in [3.05, 3.63) is 119 Å². The zero-order chi connectivity index (χ0) is 33.2. The van der Waals surface area contributed by atoms with Crippen molar-refractivity contribution in [2.24, 2.45) is 0 Å². The van der Waals surface area contributed by atoms with E-state index in [1.54, 1.807) is 0 Å². The van der Waals surface area contributed by atoms with Crippen molar-refractivity contribution in [1.82, 2.24) is 0 Å². The fourth-order valence-electron chi connectivity index (χ4n) is 4.52. The molecule has 0 aliphatic rings. The van der Waals surface area contributed by atoms with E-state index in [1.807, 2.05) is 0 Å². The summed E-state index contributed by atoms with van der Waals surface area (Å²) in [5.41, 5.74) is -3.60. The summed E-state index contributed by atoms with van der Waals surface area (Å²) in [6, 6.07) is 17.2. The van der Waals surface area contributed by atoms with Crippen molar-refractivity contribution in [3.8, 4) is 0 Å². The Hall–Kier alpha value is -3.10. The molecule has 14 heteroatoms. The van der Waals surface area contributed by atoms with Gasteiger partial charge in [-0.2, -0.15) is 52.7 Å². The van der Waals surface area contributed by atoms with Crippen molar-refractivity contribution >= 4 is 37.1 Å². The molecule has 0 aliphatic carbocycles. The molecule has 0 aliphatic heterocycles. The maximum atomic E-state index is 13.2. The molecule has 4 rings (SSSR count). The van der Waals surface area contributed by atoms with Gasteiger partial charge in [0.05, 0.1) is 22.3 Å². The van der Waals surface area contributed by atoms with E-state index < -0.39 is 62.8 Å². The number of hydrogen-bond donors (Lipinski definition) is 0. The Kier molecular flexibility index (Phi) is 10.3. The minimum atomic E-state index is -4.60. The van der Waals surface area contributed by atoms with Gasteiger partial charge in [0.1, 0.15) is 0 Å². The topological polar surface area (TPSA) is 0 Å². The first-order valence-corrected chi connectivity index (χ1v) is 16.1. The first-order valence-electron chi connectivity index (χ1n) is 13.1. The molecule has 45 heavy (non-hydrogen) atoms. The van der Waals surface area contributed by atoms with Crippen LogP contribution in [0.15, 0.2) is 97.1 Å². The lowest BCUT2D eigenvalue weighted by Gasteiger charge is -2.23. The third-order valence-electron chi connectivity index (χ3n) is 6.79. The molecule has 0 atom stereocenters. The molecular formula is C31H22F12P2. The van der Waals surface area contributed by atoms with Gasteiger partial charge in [-0.05, 0) is 104 Å². The molecule has 0 amide bonds. The first kappa shape index (κ1) is 34.8. The maximum Gasteiger partial charge on any atom is 0.416 e. The summed E-state index contributed by atoms with van der Waals surface area (Å²) in [6.45, 7) is 0. The molecule has 0 nitrogen and oxygen atoms in total. The second-order valence-electron chi connectivity index (χ2n) is 9.84. The summed E-state index contributed by atoms with van der Waals surface area (Å²) < 4.78 is 158. The highest BCUT2D eigenvalue weighted by Crippen LogP contribution is 2.42. The van der Waals surface area contributed by atoms with Gasteiger partial charge in [-0.1, -0.05) is 48.5 Å². The van der Waals surface area contributed by atoms with E-state index in [0.717, 1.165) is 48.5 Å². The Bertz CT molecular complexity index is 1300. The van der Waals surface area contributed by atoms with E-state index in [-0.39, 0.29) is 12.3 Å². The zero-order valence-corrected chi connectivity index (χ0v) is 24.6. The van der Waals surface area contributed by atoms with Crippen molar-refractivity contribution < 1.29 is 52.7 Å². The molecule has 0 radical (unpaired) electrons. The van der Waals surface area contributed by atoms with E-state index in [1.165, 1.54) is 48.5 Å². The van der Waals surface area contributed by atoms with Crippen molar-refractivity contribution in [3.63, 3.8) is 0 Å². The van der Waals surface area contributed by atoms with Crippen LogP contribution < -0.4 is 21.2 Å². The van der Waals surface area contributed by atoms with Crippen LogP contribution in [-0.4, -0.2) is 12.3 Å². The van der Waals surface area contributed by atoms with Crippen LogP contribution in [0.25, 0.3) is 0 Å². The number of hydrogen-bond acceptors (Lipinski definition) is 0. The van der Waals surface area contributed by atoms with Crippen LogP contribution in [0.5, 0.6) is 0 Å². The fourth-order valence-corrected chi connectivity index (χ4v) is 9.39. The molecule has 0 fully saturated rings. The van der Waals surface area contributed by atoms with Crippen LogP contribution in [0.1, 0.15) is 28.7 Å². The van der Waals surface area contributed by atoms with E-state index >= 15 is 0 Å². The van der Waals surface area contributed by atoms with Gasteiger partial charge in [-0.3, -0.25) is 0 Å². The second kappa shape index (κ2) is 13.3. The van der Waals surface area contributed by atoms with Gasteiger partial charge in [-0.15, -0.1) is 0 Å². The van der Waals surface area contributed by atoms with Crippen LogP contribution in [0.3, 0.4) is 0 Å². The fraction of sp³-hybridized carbons (Fsp3) is 0.226. The zero-order valence-electron chi connectivity index (χ0n) is 22.8. The van der Waals surface area contributed by atoms with E-state index in [4.69, 9.17) is 0 Å². The Balaban J connectivity index is 1.65. The van der Waals surface area contributed by atoms with Crippen molar-refractivity contribution in [2.75, 3.05) is 12.3 Å². The molecule has 0 aromatic heterocycles. The monoisotopic (exact) mass is 684 g/mol. The van der Waals surface area contributed by atoms with Gasteiger partial charge in [-0.25, -0.2) is 0 Å². The summed E-state index contributed by atoms with van der Waals surface area (Å²) >= 11 is 0. The molecule has 4 aromatic carbocycles. The number of alkyl halides is 12. The Labute approximate surface area is 252 Å². The molecule has 0 heterocycles. The van der Waals surface area contributed by atoms with Crippen LogP contribution in [0.4, 0.5) is 52.7 Å². The Morgan fingerprint density at radius 1 is 0.311 bits per heavy atom. The van der Waals surface area contributed by atoms with Crippen molar-refractivity contribution in [2.45, 2.75) is 31.1 Å². The Morgan fingerprint density at radius 2 is 0.489 bits per heavy atom. The third-order valence-corrected chi connectivity index (χ3v) is 12.0. The average molecular weight is 684 g/mol. The summed E-state index contributed by atoms with van der Waals surface area (Å²) in [5.74, 6) is 0. The lowest BCUT2D eigenvalue weighted by Crippen LogP contribution is -2.19. The second-order valence-corrected chi connectivity index (χ2v) is 14.5. The van der Waals surface area contributed by atoms with Gasteiger partial charge < -0.3 is 0 Å². The predicted molar refractivity (Wildman–Crippen MR) is 153 cm³/mol. The van der Waals surface area contributed by atoms with E-state index in [2.05, 4.69) is 0 Å². The minimum absolute atomic E-state index is 0.284. The molecule has 0 saturated heterocycles. The van der Waals surface area contributed by atoms with E-state index in [9.17, 15) is 52.7 Å². The maximum absolute atomic E-state index is 13.2. The van der Waals surface area contributed by atoms with E-state index in [0.29, 0.717) is 27.6 Å². The lowest BCUT2D eigenvalue weighted by molar-refractivity contribution is -0.138. The molecule has 0 saturated carbocycles. The SMILES string of the molecule is FC(F)(F)c1ccc(P(CCCP(c2ccc(C(F)(F)F)cc2)c2ccc(C(F)(F)F)cc2)c2ccc(C(F)(F)F)cc2)cc1. The molecule has 0 spiro atoms. The van der Waals surface area contributed by atoms with Gasteiger partial charge in [0, 0.05) is 0 Å². The molecule has 240 valence electrons. The van der Waals surface area contributed by atoms with Crippen molar-refractivity contribution in [1.29, 1.82) is 0 Å². The molecule has 0 bridgehead atoms. The normalized spacial score (nSPS) is 13.1. The summed E-state index contributed by atoms with van der Waals surface area (Å²) in [4.78, 5) is 0. The van der Waals surface area contributed by atoms with Crippen LogP contribution in [0.2, 0.25) is 0 Å². The van der Waals surface area contributed by atoms with Gasteiger partial charge in [0.25, 0.3) is 0 Å². The quantitative estimate of drug-likeness (QED) is 0.128. The highest BCUT2D eigenvalue weighted by molar-refractivity contribution is 7.74. The summed E-state index contributed by atoms with van der Waals surface area (Å²) in [7, 11) is -2.96. The highest BCUT2D eigenvalue weighted by Gasteiger charge is 2.33. The lowest BCUT2D eigenvalue weighted by atomic mass is 10.2. The summed E-state index contributed by atoms with van der Waals surface area (Å²) in [6.07, 6.45) is -17.5. The van der Waals surface area contributed by atoms with Gasteiger partial charge in [0.2, 0.25) is 0 Å². The molecule has 4 aromatic rings. The average Bonchev–Trinajstić information content (AvgIpc) is 2.96. The molecule has 0 N–H and O–H groups in total. The Morgan fingerprint density at radius 3 is 0.644 bits per heavy atom. The standard InChI is InChI=1S/C31H22F12P2/c32-28(33,34)20-2-10-24(11-3-20)44(25-12-4-21(5-13-25)29(35,36)37)18-1-19-45(26-14-6-22(7-15-26)30(38,39)40)27-16-8-23(9-17-27)31(41,42)43/h2-17H,1,18-19H2. The molecule has 0 unspecified atom stereocenters. The van der Waals surface area contributed by atoms with Crippen LogP contribution in [0, 0.1) is 0 Å². The van der Waals surface area contributed by atoms with Crippen LogP contribution >= 0.6 is 15.8 Å². The predicted octanol–water partition coefficient (Wildman–Crippen LogP) is 9.72. The smallest absolute Gasteiger partial charge is 0.166 e. The first-order chi connectivity index (χ1) is 20.8. The van der Waals surface area contributed by atoms with Crippen LogP contribution in [-0.2, 0) is 24.7 Å². The van der Waals surface area contributed by atoms with Gasteiger partial charge in [0.15, 0.2) is 0 Å². The summed E-state index contributed by atoms with van der Waals surface area (Å²) in [5, 5.41) is 1.86.